The standard InChI is InChI=1S/C13H16N4O2S/c1-9-13(7-15-16-9)20(18,19)17-5-4-10-2-3-12(14)6-11(10)8-17/h2-3,6-7H,4-5,8,14H2,1H3,(H,15,16). The van der Waals surface area contributed by atoms with E-state index in [1.165, 1.54) is 10.5 Å². The molecule has 0 amide bonds. The topological polar surface area (TPSA) is 92.1 Å². The number of aryl methyl sites for hydroxylation is 1. The molecule has 0 fully saturated rings. The number of aromatic amines is 1. The highest BCUT2D eigenvalue weighted by atomic mass is 32.2. The van der Waals surface area contributed by atoms with Gasteiger partial charge in [0.2, 0.25) is 10.0 Å². The summed E-state index contributed by atoms with van der Waals surface area (Å²) < 4.78 is 26.7. The van der Waals surface area contributed by atoms with Crippen molar-refractivity contribution in [1.29, 1.82) is 0 Å². The molecule has 0 spiro atoms. The van der Waals surface area contributed by atoms with Gasteiger partial charge in [-0.3, -0.25) is 5.10 Å². The molecule has 0 unspecified atom stereocenters. The maximum atomic E-state index is 12.6. The van der Waals surface area contributed by atoms with Crippen molar-refractivity contribution < 1.29 is 8.42 Å². The minimum absolute atomic E-state index is 0.241. The predicted octanol–water partition coefficient (Wildman–Crippen LogP) is 1.05. The Morgan fingerprint density at radius 1 is 1.35 bits per heavy atom. The molecule has 0 saturated carbocycles. The number of nitrogen functional groups attached to an aromatic ring is 1. The average Bonchev–Trinajstić information content (AvgIpc) is 2.84. The third-order valence-corrected chi connectivity index (χ3v) is 5.57. The van der Waals surface area contributed by atoms with Gasteiger partial charge in [0, 0.05) is 18.8 Å². The summed E-state index contributed by atoms with van der Waals surface area (Å²) in [4.78, 5) is 0.241. The molecular weight excluding hydrogens is 276 g/mol. The quantitative estimate of drug-likeness (QED) is 0.809. The van der Waals surface area contributed by atoms with Gasteiger partial charge in [-0.1, -0.05) is 6.07 Å². The van der Waals surface area contributed by atoms with Crippen LogP contribution in [0.15, 0.2) is 29.3 Å². The monoisotopic (exact) mass is 292 g/mol. The molecule has 1 aromatic heterocycles. The van der Waals surface area contributed by atoms with Gasteiger partial charge < -0.3 is 5.73 Å². The molecule has 3 N–H and O–H groups in total. The van der Waals surface area contributed by atoms with E-state index in [9.17, 15) is 8.42 Å². The largest absolute Gasteiger partial charge is 0.399 e. The Morgan fingerprint density at radius 3 is 2.85 bits per heavy atom. The average molecular weight is 292 g/mol. The molecule has 7 heteroatoms. The molecule has 2 heterocycles. The Kier molecular flexibility index (Phi) is 3.02. The van der Waals surface area contributed by atoms with Gasteiger partial charge in [-0.15, -0.1) is 0 Å². The van der Waals surface area contributed by atoms with Crippen LogP contribution in [-0.2, 0) is 23.0 Å². The Balaban J connectivity index is 1.96. The van der Waals surface area contributed by atoms with Crippen molar-refractivity contribution in [3.63, 3.8) is 0 Å². The first kappa shape index (κ1) is 13.1. The Morgan fingerprint density at radius 2 is 2.15 bits per heavy atom. The van der Waals surface area contributed by atoms with Gasteiger partial charge in [0.25, 0.3) is 0 Å². The third kappa shape index (κ3) is 2.08. The number of nitrogens with zero attached hydrogens (tertiary/aromatic N) is 2. The molecule has 0 saturated heterocycles. The van der Waals surface area contributed by atoms with E-state index < -0.39 is 10.0 Å². The minimum atomic E-state index is -3.51. The molecule has 2 aromatic rings. The van der Waals surface area contributed by atoms with Crippen LogP contribution in [0.4, 0.5) is 5.69 Å². The lowest BCUT2D eigenvalue weighted by atomic mass is 10.0. The van der Waals surface area contributed by atoms with Crippen molar-refractivity contribution in [1.82, 2.24) is 14.5 Å². The maximum Gasteiger partial charge on any atom is 0.246 e. The second kappa shape index (κ2) is 4.60. The fraction of sp³-hybridized carbons (Fsp3) is 0.308. The van der Waals surface area contributed by atoms with Crippen LogP contribution < -0.4 is 5.73 Å². The van der Waals surface area contributed by atoms with E-state index in [1.807, 2.05) is 18.2 Å². The van der Waals surface area contributed by atoms with Crippen molar-refractivity contribution in [2.24, 2.45) is 0 Å². The highest BCUT2D eigenvalue weighted by Crippen LogP contribution is 2.26. The molecule has 1 aromatic carbocycles. The number of nitrogens with two attached hydrogens (primary N) is 1. The Labute approximate surface area is 117 Å². The molecule has 1 aliphatic rings. The third-order valence-electron chi connectivity index (χ3n) is 3.61. The fourth-order valence-corrected chi connectivity index (χ4v) is 4.03. The molecule has 0 aliphatic carbocycles. The number of fused-ring (bicyclic) bond motifs is 1. The van der Waals surface area contributed by atoms with Crippen molar-refractivity contribution in [3.8, 4) is 0 Å². The molecule has 0 atom stereocenters. The Bertz CT molecular complexity index is 751. The normalized spacial score (nSPS) is 16.1. The summed E-state index contributed by atoms with van der Waals surface area (Å²) in [6.45, 7) is 2.53. The number of hydrogen-bond acceptors (Lipinski definition) is 4. The summed E-state index contributed by atoms with van der Waals surface area (Å²) in [7, 11) is -3.51. The lowest BCUT2D eigenvalue weighted by Crippen LogP contribution is -2.36. The van der Waals surface area contributed by atoms with E-state index in [-0.39, 0.29) is 4.90 Å². The first-order valence-corrected chi connectivity index (χ1v) is 7.80. The number of benzene rings is 1. The van der Waals surface area contributed by atoms with E-state index in [0.29, 0.717) is 30.9 Å². The summed E-state index contributed by atoms with van der Waals surface area (Å²) in [5.41, 5.74) is 9.12. The van der Waals surface area contributed by atoms with Crippen molar-refractivity contribution >= 4 is 15.7 Å². The van der Waals surface area contributed by atoms with Crippen LogP contribution in [0.5, 0.6) is 0 Å². The molecule has 106 valence electrons. The Hall–Kier alpha value is -1.86. The second-order valence-corrected chi connectivity index (χ2v) is 6.88. The van der Waals surface area contributed by atoms with E-state index in [4.69, 9.17) is 5.73 Å². The van der Waals surface area contributed by atoms with E-state index in [0.717, 1.165) is 11.1 Å². The van der Waals surface area contributed by atoms with Crippen LogP contribution in [0.3, 0.4) is 0 Å². The molecular formula is C13H16N4O2S. The van der Waals surface area contributed by atoms with Gasteiger partial charge in [-0.25, -0.2) is 8.42 Å². The van der Waals surface area contributed by atoms with Gasteiger partial charge in [-0.2, -0.15) is 9.40 Å². The maximum absolute atomic E-state index is 12.6. The van der Waals surface area contributed by atoms with Crippen LogP contribution in [0.25, 0.3) is 0 Å². The van der Waals surface area contributed by atoms with Gasteiger partial charge >= 0.3 is 0 Å². The van der Waals surface area contributed by atoms with Crippen LogP contribution in [-0.4, -0.2) is 29.5 Å². The molecule has 20 heavy (non-hydrogen) atoms. The number of sulfonamides is 1. The predicted molar refractivity (Wildman–Crippen MR) is 75.5 cm³/mol. The highest BCUT2D eigenvalue weighted by molar-refractivity contribution is 7.89. The van der Waals surface area contributed by atoms with Crippen LogP contribution in [0.2, 0.25) is 0 Å². The number of anilines is 1. The van der Waals surface area contributed by atoms with Crippen molar-refractivity contribution in [2.75, 3.05) is 12.3 Å². The highest BCUT2D eigenvalue weighted by Gasteiger charge is 2.30. The lowest BCUT2D eigenvalue weighted by molar-refractivity contribution is 0.391. The van der Waals surface area contributed by atoms with Gasteiger partial charge in [0.05, 0.1) is 11.9 Å². The zero-order chi connectivity index (χ0) is 14.3. The van der Waals surface area contributed by atoms with Crippen molar-refractivity contribution in [2.45, 2.75) is 24.8 Å². The SMILES string of the molecule is Cc1[nH]ncc1S(=O)(=O)N1CCc2ccc(N)cc2C1. The van der Waals surface area contributed by atoms with E-state index in [1.54, 1.807) is 6.92 Å². The van der Waals surface area contributed by atoms with Crippen LogP contribution >= 0.6 is 0 Å². The first-order valence-electron chi connectivity index (χ1n) is 6.36. The zero-order valence-corrected chi connectivity index (χ0v) is 11.9. The fourth-order valence-electron chi connectivity index (χ4n) is 2.50. The van der Waals surface area contributed by atoms with E-state index in [2.05, 4.69) is 10.2 Å². The summed E-state index contributed by atoms with van der Waals surface area (Å²) in [6, 6.07) is 5.67. The van der Waals surface area contributed by atoms with E-state index >= 15 is 0 Å². The number of nitrogens with one attached hydrogen (secondary N) is 1. The first-order chi connectivity index (χ1) is 9.48. The second-order valence-electron chi connectivity index (χ2n) is 4.98. The van der Waals surface area contributed by atoms with Crippen LogP contribution in [0, 0.1) is 6.92 Å². The summed E-state index contributed by atoms with van der Waals surface area (Å²) in [5, 5.41) is 6.46. The van der Waals surface area contributed by atoms with Gasteiger partial charge in [0.15, 0.2) is 0 Å². The number of H-pyrrole nitrogens is 1. The summed E-state index contributed by atoms with van der Waals surface area (Å²) in [5.74, 6) is 0. The molecule has 0 radical (unpaired) electrons. The number of hydrogen-bond donors (Lipinski definition) is 2. The lowest BCUT2D eigenvalue weighted by Gasteiger charge is -2.28. The van der Waals surface area contributed by atoms with Crippen molar-refractivity contribution in [3.05, 3.63) is 41.2 Å². The summed E-state index contributed by atoms with van der Waals surface area (Å²) >= 11 is 0. The van der Waals surface area contributed by atoms with Gasteiger partial charge in [-0.05, 0) is 36.6 Å². The van der Waals surface area contributed by atoms with Crippen LogP contribution in [0.1, 0.15) is 16.8 Å². The number of rotatable bonds is 2. The molecule has 6 nitrogen and oxygen atoms in total. The smallest absolute Gasteiger partial charge is 0.246 e. The summed E-state index contributed by atoms with van der Waals surface area (Å²) in [6.07, 6.45) is 2.06. The number of aromatic nitrogens is 2. The minimum Gasteiger partial charge on any atom is -0.399 e. The molecule has 0 bridgehead atoms. The molecule has 3 rings (SSSR count). The zero-order valence-electron chi connectivity index (χ0n) is 11.1. The van der Waals surface area contributed by atoms with Gasteiger partial charge in [0.1, 0.15) is 4.90 Å². The molecule has 1 aliphatic heterocycles.